The van der Waals surface area contributed by atoms with E-state index in [-0.39, 0.29) is 0 Å². The zero-order valence-corrected chi connectivity index (χ0v) is 11.6. The molecule has 92 valence electrons. The summed E-state index contributed by atoms with van der Waals surface area (Å²) in [4.78, 5) is 5.87. The average molecular weight is 242 g/mol. The number of nitrogens with zero attached hydrogens (tertiary/aromatic N) is 1. The van der Waals surface area contributed by atoms with E-state index in [2.05, 4.69) is 38.0 Å². The van der Waals surface area contributed by atoms with Gasteiger partial charge in [-0.15, -0.1) is 11.3 Å². The molecule has 0 amide bonds. The zero-order valence-electron chi connectivity index (χ0n) is 10.8. The highest BCUT2D eigenvalue weighted by Gasteiger charge is 2.14. The van der Waals surface area contributed by atoms with Crippen molar-refractivity contribution in [2.45, 2.75) is 46.7 Å². The number of thiazole rings is 1. The smallest absolute Gasteiger partial charge is 0.0900 e. The van der Waals surface area contributed by atoms with Gasteiger partial charge in [-0.05, 0) is 34.6 Å². The van der Waals surface area contributed by atoms with E-state index in [1.165, 1.54) is 10.6 Å². The Labute approximate surface area is 102 Å². The monoisotopic (exact) mass is 242 g/mol. The number of aromatic nitrogens is 1. The van der Waals surface area contributed by atoms with Crippen molar-refractivity contribution in [3.63, 3.8) is 0 Å². The molecule has 0 fully saturated rings. The fourth-order valence-electron chi connectivity index (χ4n) is 1.80. The molecule has 2 atom stereocenters. The van der Waals surface area contributed by atoms with Crippen molar-refractivity contribution in [1.29, 1.82) is 0 Å². The summed E-state index contributed by atoms with van der Waals surface area (Å²) in [5, 5.41) is 4.64. The third-order valence-electron chi connectivity index (χ3n) is 2.46. The molecule has 0 saturated carbocycles. The van der Waals surface area contributed by atoms with E-state index in [1.54, 1.807) is 11.3 Å². The van der Waals surface area contributed by atoms with Crippen LogP contribution in [-0.4, -0.2) is 24.2 Å². The van der Waals surface area contributed by atoms with E-state index in [0.29, 0.717) is 12.1 Å². The predicted octanol–water partition coefficient (Wildman–Crippen LogP) is 2.84. The minimum Gasteiger partial charge on any atom is -0.380 e. The number of hydrogen-bond donors (Lipinski definition) is 1. The van der Waals surface area contributed by atoms with Gasteiger partial charge in [-0.1, -0.05) is 0 Å². The normalized spacial score (nSPS) is 15.1. The van der Waals surface area contributed by atoms with E-state index < -0.39 is 0 Å². The molecule has 0 saturated heterocycles. The highest BCUT2D eigenvalue weighted by atomic mass is 32.1. The highest BCUT2D eigenvalue weighted by molar-refractivity contribution is 7.11. The minimum absolute atomic E-state index is 0.292. The summed E-state index contributed by atoms with van der Waals surface area (Å²) in [6.45, 7) is 12.0. The maximum atomic E-state index is 5.39. The molecule has 1 rings (SSSR count). The fraction of sp³-hybridized carbons (Fsp3) is 0.750. The molecule has 0 spiro atoms. The summed E-state index contributed by atoms with van der Waals surface area (Å²) in [6, 6.07) is 0.650. The first-order chi connectivity index (χ1) is 7.54. The fourth-order valence-corrected chi connectivity index (χ4v) is 2.71. The zero-order chi connectivity index (χ0) is 12.1. The lowest BCUT2D eigenvalue weighted by Crippen LogP contribution is -2.33. The molecular formula is C12H22N2OS. The molecule has 0 bridgehead atoms. The van der Waals surface area contributed by atoms with Crippen LogP contribution in [0.15, 0.2) is 0 Å². The topological polar surface area (TPSA) is 34.1 Å². The Bertz CT molecular complexity index is 325. The van der Waals surface area contributed by atoms with Gasteiger partial charge < -0.3 is 10.1 Å². The van der Waals surface area contributed by atoms with Gasteiger partial charge >= 0.3 is 0 Å². The van der Waals surface area contributed by atoms with Crippen LogP contribution >= 0.6 is 11.3 Å². The van der Waals surface area contributed by atoms with E-state index in [0.717, 1.165) is 18.2 Å². The molecule has 1 heterocycles. The van der Waals surface area contributed by atoms with Crippen LogP contribution in [0.5, 0.6) is 0 Å². The molecule has 1 aromatic heterocycles. The molecule has 16 heavy (non-hydrogen) atoms. The molecule has 4 heteroatoms. The van der Waals surface area contributed by atoms with Crippen molar-refractivity contribution in [3.05, 3.63) is 15.6 Å². The molecular weight excluding hydrogens is 220 g/mol. The largest absolute Gasteiger partial charge is 0.380 e. The second-order valence-electron chi connectivity index (χ2n) is 4.12. The summed E-state index contributed by atoms with van der Waals surface area (Å²) in [6.07, 6.45) is 0. The molecule has 1 aromatic rings. The molecule has 1 N–H and O–H groups in total. The number of rotatable bonds is 6. The molecule has 2 unspecified atom stereocenters. The Balaban J connectivity index is 2.51. The van der Waals surface area contributed by atoms with Gasteiger partial charge in [0.2, 0.25) is 0 Å². The van der Waals surface area contributed by atoms with Crippen molar-refractivity contribution in [1.82, 2.24) is 10.3 Å². The first-order valence-electron chi connectivity index (χ1n) is 5.82. The molecule has 3 nitrogen and oxygen atoms in total. The summed E-state index contributed by atoms with van der Waals surface area (Å²) in [5.41, 5.74) is 1.17. The standard InChI is InChI=1S/C12H22N2OS/c1-6-15-7-8(2)13-9(3)12-10(4)16-11(5)14-12/h8-9,13H,6-7H2,1-5H3. The Morgan fingerprint density at radius 2 is 2.06 bits per heavy atom. The SMILES string of the molecule is CCOCC(C)NC(C)c1nc(C)sc1C. The van der Waals surface area contributed by atoms with E-state index in [9.17, 15) is 0 Å². The second-order valence-corrected chi connectivity index (χ2v) is 5.53. The van der Waals surface area contributed by atoms with Crippen molar-refractivity contribution < 1.29 is 4.74 Å². The van der Waals surface area contributed by atoms with Crippen LogP contribution in [0, 0.1) is 13.8 Å². The van der Waals surface area contributed by atoms with Gasteiger partial charge in [-0.25, -0.2) is 4.98 Å². The van der Waals surface area contributed by atoms with Gasteiger partial charge in [0.25, 0.3) is 0 Å². The van der Waals surface area contributed by atoms with Gasteiger partial charge in [-0.2, -0.15) is 0 Å². The number of ether oxygens (including phenoxy) is 1. The van der Waals surface area contributed by atoms with Crippen LogP contribution in [0.2, 0.25) is 0 Å². The lowest BCUT2D eigenvalue weighted by Gasteiger charge is -2.19. The first-order valence-corrected chi connectivity index (χ1v) is 6.64. The van der Waals surface area contributed by atoms with Crippen LogP contribution in [0.3, 0.4) is 0 Å². The van der Waals surface area contributed by atoms with Gasteiger partial charge in [0.15, 0.2) is 0 Å². The Morgan fingerprint density at radius 1 is 1.38 bits per heavy atom. The molecule has 0 aliphatic heterocycles. The average Bonchev–Trinajstić information content (AvgIpc) is 2.54. The molecule has 0 aromatic carbocycles. The summed E-state index contributed by atoms with van der Waals surface area (Å²) >= 11 is 1.76. The summed E-state index contributed by atoms with van der Waals surface area (Å²) in [5.74, 6) is 0. The third kappa shape index (κ3) is 3.85. The molecule has 0 aliphatic carbocycles. The van der Waals surface area contributed by atoms with Crippen LogP contribution in [0.4, 0.5) is 0 Å². The number of hydrogen-bond acceptors (Lipinski definition) is 4. The van der Waals surface area contributed by atoms with E-state index in [1.807, 2.05) is 6.92 Å². The Hall–Kier alpha value is -0.450. The van der Waals surface area contributed by atoms with Crippen molar-refractivity contribution in [2.75, 3.05) is 13.2 Å². The Morgan fingerprint density at radius 3 is 2.56 bits per heavy atom. The highest BCUT2D eigenvalue weighted by Crippen LogP contribution is 2.22. The van der Waals surface area contributed by atoms with Crippen molar-refractivity contribution in [2.24, 2.45) is 0 Å². The number of aryl methyl sites for hydroxylation is 2. The van der Waals surface area contributed by atoms with E-state index >= 15 is 0 Å². The van der Waals surface area contributed by atoms with Crippen molar-refractivity contribution in [3.8, 4) is 0 Å². The third-order valence-corrected chi connectivity index (χ3v) is 3.36. The lowest BCUT2D eigenvalue weighted by atomic mass is 10.2. The number of nitrogens with one attached hydrogen (secondary N) is 1. The predicted molar refractivity (Wildman–Crippen MR) is 69.1 cm³/mol. The molecule has 0 radical (unpaired) electrons. The maximum Gasteiger partial charge on any atom is 0.0900 e. The Kier molecular flexibility index (Phi) is 5.38. The summed E-state index contributed by atoms with van der Waals surface area (Å²) < 4.78 is 5.39. The quantitative estimate of drug-likeness (QED) is 0.833. The lowest BCUT2D eigenvalue weighted by molar-refractivity contribution is 0.124. The van der Waals surface area contributed by atoms with Crippen LogP contribution in [0.1, 0.15) is 42.4 Å². The van der Waals surface area contributed by atoms with Crippen LogP contribution in [0.25, 0.3) is 0 Å². The van der Waals surface area contributed by atoms with Gasteiger partial charge in [0, 0.05) is 23.6 Å². The van der Waals surface area contributed by atoms with Crippen molar-refractivity contribution >= 4 is 11.3 Å². The second kappa shape index (κ2) is 6.33. The minimum atomic E-state index is 0.292. The van der Waals surface area contributed by atoms with Gasteiger partial charge in [0.05, 0.1) is 17.3 Å². The maximum absolute atomic E-state index is 5.39. The first kappa shape index (κ1) is 13.6. The molecule has 0 aliphatic rings. The van der Waals surface area contributed by atoms with E-state index in [4.69, 9.17) is 4.74 Å². The van der Waals surface area contributed by atoms with Gasteiger partial charge in [-0.3, -0.25) is 0 Å². The van der Waals surface area contributed by atoms with Crippen LogP contribution in [-0.2, 0) is 4.74 Å². The van der Waals surface area contributed by atoms with Gasteiger partial charge in [0.1, 0.15) is 0 Å². The summed E-state index contributed by atoms with van der Waals surface area (Å²) in [7, 11) is 0. The van der Waals surface area contributed by atoms with Crippen LogP contribution < -0.4 is 5.32 Å².